The summed E-state index contributed by atoms with van der Waals surface area (Å²) in [6.07, 6.45) is 5.49. The van der Waals surface area contributed by atoms with Gasteiger partial charge in [-0.25, -0.2) is 22.9 Å². The molecule has 2 N–H and O–H groups in total. The number of nitrogens with one attached hydrogen (secondary N) is 2. The number of benzene rings is 2. The lowest BCUT2D eigenvalue weighted by Gasteiger charge is -2.31. The van der Waals surface area contributed by atoms with Crippen LogP contribution < -0.4 is 10.6 Å². The Morgan fingerprint density at radius 1 is 1.00 bits per heavy atom. The summed E-state index contributed by atoms with van der Waals surface area (Å²) in [6.45, 7) is 9.22. The van der Waals surface area contributed by atoms with E-state index in [9.17, 15) is 13.2 Å². The molecule has 12 heteroatoms. The van der Waals surface area contributed by atoms with E-state index in [4.69, 9.17) is 5.10 Å². The summed E-state index contributed by atoms with van der Waals surface area (Å²) in [6, 6.07) is 19.2. The fourth-order valence-corrected chi connectivity index (χ4v) is 7.79. The first-order valence-corrected chi connectivity index (χ1v) is 17.2. The highest BCUT2D eigenvalue weighted by Gasteiger charge is 2.32. The van der Waals surface area contributed by atoms with E-state index in [1.54, 1.807) is 21.3 Å². The minimum Gasteiger partial charge on any atom is -0.308 e. The molecule has 2 amide bonds. The second kappa shape index (κ2) is 12.3. The van der Waals surface area contributed by atoms with E-state index < -0.39 is 10.0 Å². The van der Waals surface area contributed by atoms with Crippen LogP contribution in [0.5, 0.6) is 0 Å². The van der Waals surface area contributed by atoms with Gasteiger partial charge in [0.2, 0.25) is 0 Å². The van der Waals surface area contributed by atoms with Gasteiger partial charge in [0, 0.05) is 36.5 Å². The van der Waals surface area contributed by atoms with Crippen LogP contribution in [0.25, 0.3) is 15.8 Å². The largest absolute Gasteiger partial charge is 0.324 e. The van der Waals surface area contributed by atoms with Crippen LogP contribution in [-0.2, 0) is 21.9 Å². The number of hydrogen-bond donors (Lipinski definition) is 2. The molecule has 1 fully saturated rings. The lowest BCUT2D eigenvalue weighted by Crippen LogP contribution is -2.39. The van der Waals surface area contributed by atoms with Crippen LogP contribution in [0, 0.1) is 12.8 Å². The van der Waals surface area contributed by atoms with Crippen LogP contribution in [0.1, 0.15) is 50.4 Å². The van der Waals surface area contributed by atoms with Gasteiger partial charge in [0.25, 0.3) is 10.0 Å². The van der Waals surface area contributed by atoms with Crippen LogP contribution in [0.2, 0.25) is 0 Å². The molecule has 10 nitrogen and oxygen atoms in total. The molecule has 5 aromatic rings. The van der Waals surface area contributed by atoms with Gasteiger partial charge in [0.1, 0.15) is 5.82 Å². The second-order valence-electron chi connectivity index (χ2n) is 12.6. The summed E-state index contributed by atoms with van der Waals surface area (Å²) >= 11 is 1.27. The Bertz CT molecular complexity index is 1920. The first-order chi connectivity index (χ1) is 21.5. The molecule has 3 aromatic heterocycles. The zero-order valence-corrected chi connectivity index (χ0v) is 27.5. The first-order valence-electron chi connectivity index (χ1n) is 15.0. The summed E-state index contributed by atoms with van der Waals surface area (Å²) in [5.74, 6) is 0.954. The van der Waals surface area contributed by atoms with Crippen LogP contribution in [0.3, 0.4) is 0 Å². The van der Waals surface area contributed by atoms with E-state index in [1.807, 2.05) is 61.5 Å². The minimum absolute atomic E-state index is 0.0913. The van der Waals surface area contributed by atoms with Gasteiger partial charge in [-0.05, 0) is 79.5 Å². The monoisotopic (exact) mass is 643 g/mol. The van der Waals surface area contributed by atoms with Gasteiger partial charge < -0.3 is 5.32 Å². The molecule has 0 saturated carbocycles. The fourth-order valence-electron chi connectivity index (χ4n) is 5.51. The van der Waals surface area contributed by atoms with Crippen molar-refractivity contribution in [1.82, 2.24) is 23.4 Å². The summed E-state index contributed by atoms with van der Waals surface area (Å²) in [4.78, 5) is 17.2. The Kier molecular flexibility index (Phi) is 8.47. The minimum atomic E-state index is -3.68. The Morgan fingerprint density at radius 3 is 2.40 bits per heavy atom. The number of urea groups is 1. The van der Waals surface area contributed by atoms with Crippen LogP contribution in [-0.4, -0.2) is 51.0 Å². The molecule has 1 aliphatic rings. The third kappa shape index (κ3) is 6.77. The number of fused-ring (bicyclic) bond motifs is 1. The average molecular weight is 644 g/mol. The Balaban J connectivity index is 1.05. The number of anilines is 2. The van der Waals surface area contributed by atoms with Crippen LogP contribution in [0.15, 0.2) is 78.1 Å². The number of nitrogens with zero attached hydrogens (tertiary/aromatic N) is 5. The standard InChI is InChI=1S/C33H37N7O3S2/c1-22-5-11-26(12-6-22)40-30(20-29(38-40)33(2,3)4)37-32(41)36-25-9-7-23(8-10-25)19-24-14-17-39(18-15-24)45(42,43)31-27-21-35-44-28(27)13-16-34-31/h5-13,16,20-21,24H,14-15,17-19H2,1-4H3,(H2,36,37,41). The number of hydrogen-bond acceptors (Lipinski definition) is 7. The Morgan fingerprint density at radius 2 is 1.71 bits per heavy atom. The van der Waals surface area contributed by atoms with Gasteiger partial charge in [-0.2, -0.15) is 13.8 Å². The molecule has 4 heterocycles. The summed E-state index contributed by atoms with van der Waals surface area (Å²) in [5, 5.41) is 11.4. The van der Waals surface area contributed by atoms with Crippen LogP contribution >= 0.6 is 11.5 Å². The second-order valence-corrected chi connectivity index (χ2v) is 15.3. The molecule has 45 heavy (non-hydrogen) atoms. The first kappa shape index (κ1) is 30.9. The molecule has 0 radical (unpaired) electrons. The normalized spacial score (nSPS) is 14.9. The molecule has 6 rings (SSSR count). The Labute approximate surface area is 267 Å². The maximum atomic E-state index is 13.3. The predicted octanol–water partition coefficient (Wildman–Crippen LogP) is 6.77. The van der Waals surface area contributed by atoms with Gasteiger partial charge in [0.05, 0.1) is 27.7 Å². The lowest BCUT2D eigenvalue weighted by atomic mass is 9.91. The number of aromatic nitrogens is 4. The fraction of sp³-hybridized carbons (Fsp3) is 0.333. The maximum Gasteiger partial charge on any atom is 0.324 e. The van der Waals surface area contributed by atoms with Crippen molar-refractivity contribution >= 4 is 49.2 Å². The maximum absolute atomic E-state index is 13.3. The number of piperidine rings is 1. The van der Waals surface area contributed by atoms with Gasteiger partial charge >= 0.3 is 6.03 Å². The quantitative estimate of drug-likeness (QED) is 0.202. The smallest absolute Gasteiger partial charge is 0.308 e. The number of sulfonamides is 1. The lowest BCUT2D eigenvalue weighted by molar-refractivity contribution is 0.262. The van der Waals surface area contributed by atoms with Crippen molar-refractivity contribution in [2.75, 3.05) is 23.7 Å². The summed E-state index contributed by atoms with van der Waals surface area (Å²) in [5.41, 5.74) is 4.53. The molecule has 0 spiro atoms. The van der Waals surface area contributed by atoms with Crippen molar-refractivity contribution in [1.29, 1.82) is 0 Å². The van der Waals surface area contributed by atoms with Crippen molar-refractivity contribution in [3.63, 3.8) is 0 Å². The molecular formula is C33H37N7O3S2. The molecule has 234 valence electrons. The van der Waals surface area contributed by atoms with Crippen molar-refractivity contribution in [2.45, 2.75) is 57.4 Å². The van der Waals surface area contributed by atoms with Crippen molar-refractivity contribution < 1.29 is 13.2 Å². The molecule has 0 bridgehead atoms. The SMILES string of the molecule is Cc1ccc(-n2nc(C(C)(C)C)cc2NC(=O)Nc2ccc(CC3CCN(S(=O)(=O)c4nccc5sncc45)CC3)cc2)cc1. The zero-order chi connectivity index (χ0) is 31.8. The van der Waals surface area contributed by atoms with Crippen LogP contribution in [0.4, 0.5) is 16.3 Å². The van der Waals surface area contributed by atoms with E-state index in [-0.39, 0.29) is 16.5 Å². The molecule has 2 aromatic carbocycles. The van der Waals surface area contributed by atoms with E-state index in [0.29, 0.717) is 35.9 Å². The number of amides is 2. The van der Waals surface area contributed by atoms with E-state index in [0.717, 1.165) is 46.5 Å². The number of pyridine rings is 1. The van der Waals surface area contributed by atoms with Gasteiger partial charge in [-0.15, -0.1) is 0 Å². The third-order valence-corrected chi connectivity index (χ3v) is 10.8. The number of rotatable bonds is 7. The highest BCUT2D eigenvalue weighted by atomic mass is 32.2. The predicted molar refractivity (Wildman–Crippen MR) is 179 cm³/mol. The third-order valence-electron chi connectivity index (χ3n) is 8.14. The molecule has 0 atom stereocenters. The van der Waals surface area contributed by atoms with Crippen molar-refractivity contribution in [2.24, 2.45) is 5.92 Å². The highest BCUT2D eigenvalue weighted by Crippen LogP contribution is 2.30. The van der Waals surface area contributed by atoms with Gasteiger partial charge in [0.15, 0.2) is 5.03 Å². The molecule has 0 aliphatic carbocycles. The number of aryl methyl sites for hydroxylation is 1. The number of carbonyl (C=O) groups is 1. The Hall–Kier alpha value is -4.13. The topological polar surface area (TPSA) is 122 Å². The van der Waals surface area contributed by atoms with Crippen molar-refractivity contribution in [3.05, 3.63) is 89.9 Å². The van der Waals surface area contributed by atoms with E-state index in [1.165, 1.54) is 17.7 Å². The average Bonchev–Trinajstić information content (AvgIpc) is 3.66. The summed E-state index contributed by atoms with van der Waals surface area (Å²) < 4.78 is 35.0. The van der Waals surface area contributed by atoms with E-state index >= 15 is 0 Å². The number of carbonyl (C=O) groups excluding carboxylic acids is 1. The molecule has 0 unspecified atom stereocenters. The zero-order valence-electron chi connectivity index (χ0n) is 25.8. The molecule has 1 aliphatic heterocycles. The molecular weight excluding hydrogens is 607 g/mol. The van der Waals surface area contributed by atoms with Gasteiger partial charge in [-0.3, -0.25) is 5.32 Å². The molecule has 1 saturated heterocycles. The van der Waals surface area contributed by atoms with Crippen molar-refractivity contribution in [3.8, 4) is 5.69 Å². The highest BCUT2D eigenvalue weighted by molar-refractivity contribution is 7.89. The van der Waals surface area contributed by atoms with E-state index in [2.05, 4.69) is 40.8 Å². The van der Waals surface area contributed by atoms with Gasteiger partial charge in [-0.1, -0.05) is 50.6 Å². The summed E-state index contributed by atoms with van der Waals surface area (Å²) in [7, 11) is -3.68.